The van der Waals surface area contributed by atoms with E-state index < -0.39 is 12.2 Å². The molecule has 1 heterocycles. The van der Waals surface area contributed by atoms with Gasteiger partial charge in [-0.15, -0.1) is 0 Å². The van der Waals surface area contributed by atoms with Gasteiger partial charge in [0, 0.05) is 6.07 Å². The molecular weight excluding hydrogens is 152 g/mol. The Balaban J connectivity index is 2.87. The monoisotopic (exact) mass is 157 g/mol. The largest absolute Gasteiger partial charge is 0.354 e. The molecule has 0 spiro atoms. The molecule has 1 rings (SSSR count). The predicted octanol–water partition coefficient (Wildman–Crippen LogP) is 1.98. The molecule has 11 heavy (non-hydrogen) atoms. The first kappa shape index (κ1) is 7.73. The van der Waals surface area contributed by atoms with E-state index in [0.29, 0.717) is 0 Å². The third-order valence-electron chi connectivity index (χ3n) is 0.997. The molecule has 0 unspecified atom stereocenters. The summed E-state index contributed by atoms with van der Waals surface area (Å²) in [7, 11) is 0. The van der Waals surface area contributed by atoms with Crippen molar-refractivity contribution in [1.82, 2.24) is 5.16 Å². The van der Waals surface area contributed by atoms with Crippen LogP contribution in [0.2, 0.25) is 0 Å². The first-order valence-corrected chi connectivity index (χ1v) is 2.91. The van der Waals surface area contributed by atoms with Crippen molar-refractivity contribution >= 4 is 0 Å². The van der Waals surface area contributed by atoms with Crippen LogP contribution in [0, 0.1) is 11.8 Å². The zero-order valence-corrected chi connectivity index (χ0v) is 5.77. The zero-order valence-electron chi connectivity index (χ0n) is 5.77. The van der Waals surface area contributed by atoms with E-state index in [1.165, 1.54) is 0 Å². The highest BCUT2D eigenvalue weighted by Gasteiger charge is 2.12. The van der Waals surface area contributed by atoms with Gasteiger partial charge in [-0.2, -0.15) is 0 Å². The molecule has 0 radical (unpaired) electrons. The summed E-state index contributed by atoms with van der Waals surface area (Å²) in [5.74, 6) is 4.57. The summed E-state index contributed by atoms with van der Waals surface area (Å²) in [5.41, 5.74) is 0.239. The van der Waals surface area contributed by atoms with Crippen LogP contribution in [0.15, 0.2) is 10.6 Å². The Morgan fingerprint density at radius 3 is 2.82 bits per heavy atom. The lowest BCUT2D eigenvalue weighted by Crippen LogP contribution is -1.75. The second kappa shape index (κ2) is 3.15. The molecule has 0 aliphatic carbocycles. The molecule has 0 amide bonds. The van der Waals surface area contributed by atoms with Gasteiger partial charge in [-0.25, -0.2) is 8.78 Å². The normalized spacial score (nSPS) is 9.45. The van der Waals surface area contributed by atoms with Gasteiger partial charge < -0.3 is 4.52 Å². The number of alkyl halides is 2. The predicted molar refractivity (Wildman–Crippen MR) is 34.0 cm³/mol. The first-order valence-electron chi connectivity index (χ1n) is 2.91. The summed E-state index contributed by atoms with van der Waals surface area (Å²) in [6.07, 6.45) is -2.62. The standard InChI is InChI=1S/C7H5F2NO/c1-2-3-5-4-6(7(8)9)11-10-5/h4,7H,1H3. The first-order chi connectivity index (χ1) is 5.24. The van der Waals surface area contributed by atoms with Gasteiger partial charge in [0.25, 0.3) is 6.43 Å². The highest BCUT2D eigenvalue weighted by atomic mass is 19.3. The fourth-order valence-corrected chi connectivity index (χ4v) is 0.579. The number of hydrogen-bond acceptors (Lipinski definition) is 2. The molecule has 1 aromatic heterocycles. The van der Waals surface area contributed by atoms with Crippen molar-refractivity contribution in [1.29, 1.82) is 0 Å². The SMILES string of the molecule is CC#Cc1cc(C(F)F)on1. The lowest BCUT2D eigenvalue weighted by atomic mass is 10.4. The minimum absolute atomic E-state index is 0.239. The van der Waals surface area contributed by atoms with Gasteiger partial charge in [0.2, 0.25) is 5.76 Å². The third-order valence-corrected chi connectivity index (χ3v) is 0.997. The van der Waals surface area contributed by atoms with Gasteiger partial charge in [-0.3, -0.25) is 0 Å². The molecule has 0 bridgehead atoms. The molecule has 0 saturated heterocycles. The van der Waals surface area contributed by atoms with Crippen molar-refractivity contribution < 1.29 is 13.3 Å². The number of hydrogen-bond donors (Lipinski definition) is 0. The van der Waals surface area contributed by atoms with Crippen LogP contribution in [0.25, 0.3) is 0 Å². The van der Waals surface area contributed by atoms with Gasteiger partial charge in [0.1, 0.15) is 0 Å². The summed E-state index contributed by atoms with van der Waals surface area (Å²) >= 11 is 0. The van der Waals surface area contributed by atoms with E-state index in [4.69, 9.17) is 0 Å². The Hall–Kier alpha value is -1.37. The van der Waals surface area contributed by atoms with Crippen LogP contribution in [0.3, 0.4) is 0 Å². The molecule has 0 N–H and O–H groups in total. The van der Waals surface area contributed by atoms with E-state index in [9.17, 15) is 8.78 Å². The van der Waals surface area contributed by atoms with Crippen LogP contribution < -0.4 is 0 Å². The number of nitrogens with zero attached hydrogens (tertiary/aromatic N) is 1. The molecule has 0 aromatic carbocycles. The summed E-state index contributed by atoms with van der Waals surface area (Å²) in [6.45, 7) is 1.59. The smallest absolute Gasteiger partial charge is 0.298 e. The van der Waals surface area contributed by atoms with Crippen LogP contribution in [-0.4, -0.2) is 5.16 Å². The van der Waals surface area contributed by atoms with Crippen molar-refractivity contribution in [3.8, 4) is 11.8 Å². The molecule has 58 valence electrons. The topological polar surface area (TPSA) is 26.0 Å². The number of halogens is 2. The van der Waals surface area contributed by atoms with Crippen LogP contribution in [0.1, 0.15) is 24.8 Å². The summed E-state index contributed by atoms with van der Waals surface area (Å²) in [6, 6.07) is 1.13. The van der Waals surface area contributed by atoms with Crippen molar-refractivity contribution in [2.24, 2.45) is 0 Å². The quantitative estimate of drug-likeness (QED) is 0.582. The molecule has 0 saturated carbocycles. The Morgan fingerprint density at radius 2 is 2.36 bits per heavy atom. The number of aromatic nitrogens is 1. The van der Waals surface area contributed by atoms with E-state index in [2.05, 4.69) is 21.5 Å². The van der Waals surface area contributed by atoms with Crippen LogP contribution in [0.4, 0.5) is 8.78 Å². The minimum atomic E-state index is -2.62. The lowest BCUT2D eigenvalue weighted by Gasteiger charge is -1.84. The zero-order chi connectivity index (χ0) is 8.27. The average molecular weight is 157 g/mol. The van der Waals surface area contributed by atoms with E-state index >= 15 is 0 Å². The maximum Gasteiger partial charge on any atom is 0.298 e. The van der Waals surface area contributed by atoms with Gasteiger partial charge in [0.05, 0.1) is 0 Å². The van der Waals surface area contributed by atoms with Crippen LogP contribution in [0.5, 0.6) is 0 Å². The van der Waals surface area contributed by atoms with Gasteiger partial charge >= 0.3 is 0 Å². The van der Waals surface area contributed by atoms with Crippen molar-refractivity contribution in [3.63, 3.8) is 0 Å². The molecular formula is C7H5F2NO. The molecule has 0 aliphatic rings. The highest BCUT2D eigenvalue weighted by Crippen LogP contribution is 2.18. The highest BCUT2D eigenvalue weighted by molar-refractivity contribution is 5.26. The van der Waals surface area contributed by atoms with Gasteiger partial charge in [0.15, 0.2) is 5.69 Å². The lowest BCUT2D eigenvalue weighted by molar-refractivity contribution is 0.112. The minimum Gasteiger partial charge on any atom is -0.354 e. The third kappa shape index (κ3) is 1.77. The molecule has 0 fully saturated rings. The number of rotatable bonds is 1. The summed E-state index contributed by atoms with van der Waals surface area (Å²) in [5, 5.41) is 3.30. The molecule has 0 aliphatic heterocycles. The molecule has 2 nitrogen and oxygen atoms in total. The van der Waals surface area contributed by atoms with Crippen molar-refractivity contribution in [2.75, 3.05) is 0 Å². The average Bonchev–Trinajstić information content (AvgIpc) is 2.37. The van der Waals surface area contributed by atoms with Gasteiger partial charge in [-0.05, 0) is 12.8 Å². The fourth-order valence-electron chi connectivity index (χ4n) is 0.579. The Bertz CT molecular complexity index is 295. The fraction of sp³-hybridized carbons (Fsp3) is 0.286. The van der Waals surface area contributed by atoms with Crippen LogP contribution >= 0.6 is 0 Å². The van der Waals surface area contributed by atoms with E-state index in [-0.39, 0.29) is 5.69 Å². The Morgan fingerprint density at radius 1 is 1.64 bits per heavy atom. The van der Waals surface area contributed by atoms with Crippen molar-refractivity contribution in [2.45, 2.75) is 13.3 Å². The van der Waals surface area contributed by atoms with Gasteiger partial charge in [-0.1, -0.05) is 11.1 Å². The molecule has 4 heteroatoms. The van der Waals surface area contributed by atoms with E-state index in [1.807, 2.05) is 0 Å². The maximum absolute atomic E-state index is 11.8. The van der Waals surface area contributed by atoms with Crippen LogP contribution in [-0.2, 0) is 0 Å². The van der Waals surface area contributed by atoms with E-state index in [1.54, 1.807) is 6.92 Å². The maximum atomic E-state index is 11.8. The summed E-state index contributed by atoms with van der Waals surface area (Å²) in [4.78, 5) is 0. The Labute approximate surface area is 62.2 Å². The Kier molecular flexibility index (Phi) is 2.21. The second-order valence-electron chi connectivity index (χ2n) is 1.79. The van der Waals surface area contributed by atoms with Crippen molar-refractivity contribution in [3.05, 3.63) is 17.5 Å². The van der Waals surface area contributed by atoms with E-state index in [0.717, 1.165) is 6.07 Å². The second-order valence-corrected chi connectivity index (χ2v) is 1.79. The summed E-state index contributed by atoms with van der Waals surface area (Å²) < 4.78 is 28.0. The molecule has 1 aromatic rings. The molecule has 0 atom stereocenters.